The number of hydrogen-bond acceptors (Lipinski definition) is 3. The normalized spacial score (nSPS) is 12.3. The lowest BCUT2D eigenvalue weighted by molar-refractivity contribution is 0.224. The predicted molar refractivity (Wildman–Crippen MR) is 93.0 cm³/mol. The van der Waals surface area contributed by atoms with Gasteiger partial charge in [0.1, 0.15) is 6.10 Å². The van der Waals surface area contributed by atoms with E-state index in [1.54, 1.807) is 11.3 Å². The number of hydrogen-bond donors (Lipinski definition) is 2. The molecule has 2 N–H and O–H groups in total. The zero-order chi connectivity index (χ0) is 15.4. The van der Waals surface area contributed by atoms with Crippen LogP contribution >= 0.6 is 11.3 Å². The first-order chi connectivity index (χ1) is 10.8. The van der Waals surface area contributed by atoms with E-state index >= 15 is 0 Å². The van der Waals surface area contributed by atoms with Gasteiger partial charge in [-0.05, 0) is 29.8 Å². The molecule has 3 aromatic rings. The van der Waals surface area contributed by atoms with Crippen LogP contribution in [0.15, 0.2) is 66.7 Å². The second-order valence-corrected chi connectivity index (χ2v) is 6.37. The molecule has 3 heteroatoms. The van der Waals surface area contributed by atoms with Crippen LogP contribution in [0.3, 0.4) is 0 Å². The molecular formula is C19H19NOS. The minimum absolute atomic E-state index is 0.591. The van der Waals surface area contributed by atoms with Crippen LogP contribution < -0.4 is 5.32 Å². The molecular weight excluding hydrogens is 290 g/mol. The monoisotopic (exact) mass is 309 g/mol. The Bertz CT molecular complexity index is 722. The van der Waals surface area contributed by atoms with Crippen molar-refractivity contribution in [3.8, 4) is 11.1 Å². The van der Waals surface area contributed by atoms with Crippen molar-refractivity contribution < 1.29 is 5.11 Å². The second-order valence-electron chi connectivity index (χ2n) is 5.20. The quantitative estimate of drug-likeness (QED) is 0.740. The molecule has 2 aromatic carbocycles. The van der Waals surface area contributed by atoms with Crippen molar-refractivity contribution in [2.75, 3.05) is 7.05 Å². The summed E-state index contributed by atoms with van der Waals surface area (Å²) in [5.74, 6) is 0. The lowest BCUT2D eigenvalue weighted by Crippen LogP contribution is -2.02. The lowest BCUT2D eigenvalue weighted by Gasteiger charge is -2.12. The van der Waals surface area contributed by atoms with Crippen LogP contribution in [0.1, 0.15) is 21.4 Å². The topological polar surface area (TPSA) is 32.3 Å². The first-order valence-electron chi connectivity index (χ1n) is 7.35. The van der Waals surface area contributed by atoms with E-state index < -0.39 is 6.10 Å². The van der Waals surface area contributed by atoms with E-state index in [-0.39, 0.29) is 0 Å². The first-order valence-corrected chi connectivity index (χ1v) is 8.17. The van der Waals surface area contributed by atoms with Gasteiger partial charge in [0, 0.05) is 16.3 Å². The Kier molecular flexibility index (Phi) is 4.68. The molecule has 0 saturated carbocycles. The van der Waals surface area contributed by atoms with Crippen molar-refractivity contribution in [1.29, 1.82) is 0 Å². The molecule has 3 rings (SSSR count). The summed E-state index contributed by atoms with van der Waals surface area (Å²) in [5.41, 5.74) is 3.19. The van der Waals surface area contributed by atoms with Gasteiger partial charge >= 0.3 is 0 Å². The van der Waals surface area contributed by atoms with Gasteiger partial charge in [0.05, 0.1) is 0 Å². The molecule has 1 heterocycles. The minimum atomic E-state index is -0.591. The van der Waals surface area contributed by atoms with Gasteiger partial charge in [-0.15, -0.1) is 11.3 Å². The smallest absolute Gasteiger partial charge is 0.114 e. The third-order valence-corrected chi connectivity index (χ3v) is 4.80. The van der Waals surface area contributed by atoms with Crippen molar-refractivity contribution in [2.24, 2.45) is 0 Å². The Hall–Kier alpha value is -1.94. The summed E-state index contributed by atoms with van der Waals surface area (Å²) in [5, 5.41) is 14.0. The third-order valence-electron chi connectivity index (χ3n) is 3.61. The Balaban J connectivity index is 2.06. The van der Waals surface area contributed by atoms with Gasteiger partial charge in [0.15, 0.2) is 0 Å². The van der Waals surface area contributed by atoms with Gasteiger partial charge in [0.2, 0.25) is 0 Å². The third kappa shape index (κ3) is 3.12. The Morgan fingerprint density at radius 3 is 2.27 bits per heavy atom. The largest absolute Gasteiger partial charge is 0.383 e. The summed E-state index contributed by atoms with van der Waals surface area (Å²) in [6.07, 6.45) is -0.591. The maximum Gasteiger partial charge on any atom is 0.114 e. The van der Waals surface area contributed by atoms with Crippen LogP contribution in [0.25, 0.3) is 11.1 Å². The maximum atomic E-state index is 10.8. The lowest BCUT2D eigenvalue weighted by atomic mass is 10.0. The highest BCUT2D eigenvalue weighted by Crippen LogP contribution is 2.38. The molecule has 0 aliphatic carbocycles. The Morgan fingerprint density at radius 1 is 1.00 bits per heavy atom. The highest BCUT2D eigenvalue weighted by atomic mass is 32.1. The SMILES string of the molecule is CNCc1cc(-c2ccccc2)c(C(O)c2ccccc2)s1. The summed E-state index contributed by atoms with van der Waals surface area (Å²) in [7, 11) is 1.94. The number of aliphatic hydroxyl groups is 1. The van der Waals surface area contributed by atoms with E-state index in [0.29, 0.717) is 0 Å². The molecule has 2 nitrogen and oxygen atoms in total. The molecule has 1 aromatic heterocycles. The van der Waals surface area contributed by atoms with E-state index in [2.05, 4.69) is 23.5 Å². The summed E-state index contributed by atoms with van der Waals surface area (Å²) >= 11 is 1.67. The van der Waals surface area contributed by atoms with Crippen molar-refractivity contribution in [1.82, 2.24) is 5.32 Å². The molecule has 0 aliphatic rings. The van der Waals surface area contributed by atoms with E-state index in [4.69, 9.17) is 0 Å². The summed E-state index contributed by atoms with van der Waals surface area (Å²) < 4.78 is 0. The van der Waals surface area contributed by atoms with E-state index in [1.807, 2.05) is 55.6 Å². The van der Waals surface area contributed by atoms with E-state index in [1.165, 1.54) is 4.88 Å². The fourth-order valence-corrected chi connectivity index (χ4v) is 3.76. The van der Waals surface area contributed by atoms with Gasteiger partial charge in [-0.2, -0.15) is 0 Å². The second kappa shape index (κ2) is 6.88. The van der Waals surface area contributed by atoms with Crippen molar-refractivity contribution in [2.45, 2.75) is 12.6 Å². The number of thiophene rings is 1. The van der Waals surface area contributed by atoms with Crippen LogP contribution in [0, 0.1) is 0 Å². The highest BCUT2D eigenvalue weighted by molar-refractivity contribution is 7.12. The number of aliphatic hydroxyl groups excluding tert-OH is 1. The zero-order valence-electron chi connectivity index (χ0n) is 12.5. The molecule has 0 amide bonds. The molecule has 112 valence electrons. The molecule has 0 fully saturated rings. The van der Waals surface area contributed by atoms with Gasteiger partial charge in [0.25, 0.3) is 0 Å². The minimum Gasteiger partial charge on any atom is -0.383 e. The van der Waals surface area contributed by atoms with Crippen LogP contribution in [-0.2, 0) is 6.54 Å². The average molecular weight is 309 g/mol. The molecule has 22 heavy (non-hydrogen) atoms. The average Bonchev–Trinajstić information content (AvgIpc) is 3.00. The summed E-state index contributed by atoms with van der Waals surface area (Å²) in [6, 6.07) is 22.3. The molecule has 1 atom stereocenters. The molecule has 1 unspecified atom stereocenters. The van der Waals surface area contributed by atoms with Crippen molar-refractivity contribution >= 4 is 11.3 Å². The van der Waals surface area contributed by atoms with Crippen LogP contribution in [0.4, 0.5) is 0 Å². The summed E-state index contributed by atoms with van der Waals surface area (Å²) in [4.78, 5) is 2.23. The molecule has 0 radical (unpaired) electrons. The standard InChI is InChI=1S/C19H19NOS/c1-20-13-16-12-17(14-8-4-2-5-9-14)19(22-16)18(21)15-10-6-3-7-11-15/h2-12,18,20-21H,13H2,1H3. The number of benzene rings is 2. The number of nitrogens with one attached hydrogen (secondary N) is 1. The molecule has 0 bridgehead atoms. The fraction of sp³-hybridized carbons (Fsp3) is 0.158. The van der Waals surface area contributed by atoms with Crippen molar-refractivity contribution in [3.05, 3.63) is 82.0 Å². The Morgan fingerprint density at radius 2 is 1.64 bits per heavy atom. The van der Waals surface area contributed by atoms with Gasteiger partial charge in [-0.25, -0.2) is 0 Å². The maximum absolute atomic E-state index is 10.8. The highest BCUT2D eigenvalue weighted by Gasteiger charge is 2.19. The van der Waals surface area contributed by atoms with E-state index in [9.17, 15) is 5.11 Å². The van der Waals surface area contributed by atoms with Gasteiger partial charge in [-0.3, -0.25) is 0 Å². The Labute approximate surface area is 135 Å². The van der Waals surface area contributed by atoms with E-state index in [0.717, 1.165) is 28.1 Å². The van der Waals surface area contributed by atoms with Gasteiger partial charge in [-0.1, -0.05) is 60.7 Å². The number of rotatable bonds is 5. The molecule has 0 aliphatic heterocycles. The fourth-order valence-electron chi connectivity index (χ4n) is 2.55. The molecule has 0 spiro atoms. The predicted octanol–water partition coefficient (Wildman–Crippen LogP) is 4.22. The van der Waals surface area contributed by atoms with Gasteiger partial charge < -0.3 is 10.4 Å². The zero-order valence-corrected chi connectivity index (χ0v) is 13.3. The van der Waals surface area contributed by atoms with Crippen molar-refractivity contribution in [3.63, 3.8) is 0 Å². The first kappa shape index (κ1) is 15.0. The van der Waals surface area contributed by atoms with Crippen LogP contribution in [-0.4, -0.2) is 12.2 Å². The molecule has 0 saturated heterocycles. The van der Waals surface area contributed by atoms with Crippen LogP contribution in [0.2, 0.25) is 0 Å². The van der Waals surface area contributed by atoms with Crippen LogP contribution in [0.5, 0.6) is 0 Å². The summed E-state index contributed by atoms with van der Waals surface area (Å²) in [6.45, 7) is 0.812.